The Bertz CT molecular complexity index is 940. The van der Waals surface area contributed by atoms with Gasteiger partial charge in [0.2, 0.25) is 0 Å². The summed E-state index contributed by atoms with van der Waals surface area (Å²) < 4.78 is 1.59. The van der Waals surface area contributed by atoms with Crippen molar-refractivity contribution < 1.29 is 0 Å². The third kappa shape index (κ3) is 3.36. The summed E-state index contributed by atoms with van der Waals surface area (Å²) in [7, 11) is 0. The first kappa shape index (κ1) is 15.7. The summed E-state index contributed by atoms with van der Waals surface area (Å²) in [6.07, 6.45) is 4.38. The number of fused-ring (bicyclic) bond motifs is 1. The molecule has 0 aliphatic carbocycles. The van der Waals surface area contributed by atoms with Crippen molar-refractivity contribution in [3.8, 4) is 0 Å². The minimum atomic E-state index is -0.0464. The highest BCUT2D eigenvalue weighted by Crippen LogP contribution is 2.22. The molecule has 1 saturated heterocycles. The van der Waals surface area contributed by atoms with Gasteiger partial charge in [-0.15, -0.1) is 0 Å². The summed E-state index contributed by atoms with van der Waals surface area (Å²) in [5, 5.41) is 3.35. The lowest BCUT2D eigenvalue weighted by Crippen LogP contribution is -2.17. The second-order valence-corrected chi connectivity index (χ2v) is 6.61. The average molecular weight is 334 g/mol. The number of aromatic nitrogens is 2. The van der Waals surface area contributed by atoms with Crippen molar-refractivity contribution in [2.75, 3.05) is 23.3 Å². The molecule has 2 aromatic heterocycles. The van der Waals surface area contributed by atoms with Crippen molar-refractivity contribution in [1.29, 1.82) is 0 Å². The van der Waals surface area contributed by atoms with Crippen LogP contribution >= 0.6 is 0 Å². The van der Waals surface area contributed by atoms with Crippen molar-refractivity contribution in [2.45, 2.75) is 26.3 Å². The van der Waals surface area contributed by atoms with Crippen molar-refractivity contribution in [3.05, 3.63) is 70.3 Å². The van der Waals surface area contributed by atoms with Crippen LogP contribution in [0.15, 0.2) is 53.5 Å². The van der Waals surface area contributed by atoms with Crippen LogP contribution in [-0.4, -0.2) is 22.5 Å². The Labute approximate surface area is 146 Å². The Kier molecular flexibility index (Phi) is 4.14. The largest absolute Gasteiger partial charge is 0.379 e. The van der Waals surface area contributed by atoms with E-state index in [1.54, 1.807) is 10.5 Å². The number of hydrogen-bond acceptors (Lipinski definition) is 4. The lowest BCUT2D eigenvalue weighted by Gasteiger charge is -2.18. The van der Waals surface area contributed by atoms with Gasteiger partial charge in [-0.25, -0.2) is 4.98 Å². The number of aryl methyl sites for hydroxylation is 1. The van der Waals surface area contributed by atoms with E-state index in [9.17, 15) is 4.79 Å². The predicted molar refractivity (Wildman–Crippen MR) is 101 cm³/mol. The quantitative estimate of drug-likeness (QED) is 0.796. The Morgan fingerprint density at radius 2 is 1.84 bits per heavy atom. The molecule has 128 valence electrons. The minimum Gasteiger partial charge on any atom is -0.379 e. The zero-order valence-corrected chi connectivity index (χ0v) is 14.4. The van der Waals surface area contributed by atoms with E-state index in [1.165, 1.54) is 18.5 Å². The fourth-order valence-electron chi connectivity index (χ4n) is 3.31. The van der Waals surface area contributed by atoms with Gasteiger partial charge in [0.1, 0.15) is 5.65 Å². The highest BCUT2D eigenvalue weighted by Gasteiger charge is 2.11. The average Bonchev–Trinajstić information content (AvgIpc) is 3.16. The van der Waals surface area contributed by atoms with Gasteiger partial charge in [0.15, 0.2) is 0 Å². The van der Waals surface area contributed by atoms with Crippen LogP contribution in [0.2, 0.25) is 0 Å². The summed E-state index contributed by atoms with van der Waals surface area (Å²) in [6.45, 7) is 4.80. The van der Waals surface area contributed by atoms with Gasteiger partial charge in [0.25, 0.3) is 5.56 Å². The molecule has 0 bridgehead atoms. The molecule has 1 aliphatic heterocycles. The molecule has 0 amide bonds. The van der Waals surface area contributed by atoms with Crippen LogP contribution in [0.25, 0.3) is 5.65 Å². The Morgan fingerprint density at radius 3 is 2.60 bits per heavy atom. The van der Waals surface area contributed by atoms with Gasteiger partial charge >= 0.3 is 0 Å². The van der Waals surface area contributed by atoms with Crippen LogP contribution < -0.4 is 15.8 Å². The smallest absolute Gasteiger partial charge is 0.258 e. The molecular formula is C20H22N4O. The van der Waals surface area contributed by atoms with Crippen molar-refractivity contribution in [1.82, 2.24) is 9.38 Å². The van der Waals surface area contributed by atoms with E-state index in [4.69, 9.17) is 0 Å². The standard InChI is InChI=1S/C20H22N4O/c1-15-4-9-19-22-17(12-20(25)24(19)14-15)13-21-16-5-7-18(8-6-16)23-10-2-3-11-23/h4-9,12,14,21H,2-3,10-11,13H2,1H3. The van der Waals surface area contributed by atoms with Gasteiger partial charge in [-0.05, 0) is 55.7 Å². The summed E-state index contributed by atoms with van der Waals surface area (Å²) in [5.41, 5.74) is 4.74. The van der Waals surface area contributed by atoms with Crippen molar-refractivity contribution >= 4 is 17.0 Å². The fourth-order valence-corrected chi connectivity index (χ4v) is 3.31. The van der Waals surface area contributed by atoms with Crippen LogP contribution in [0.3, 0.4) is 0 Å². The van der Waals surface area contributed by atoms with Gasteiger partial charge in [-0.2, -0.15) is 0 Å². The summed E-state index contributed by atoms with van der Waals surface area (Å²) >= 11 is 0. The van der Waals surface area contributed by atoms with E-state index in [2.05, 4.69) is 39.5 Å². The molecule has 5 heteroatoms. The van der Waals surface area contributed by atoms with E-state index in [1.807, 2.05) is 25.3 Å². The number of nitrogens with one attached hydrogen (secondary N) is 1. The second-order valence-electron chi connectivity index (χ2n) is 6.61. The molecule has 0 saturated carbocycles. The van der Waals surface area contributed by atoms with E-state index >= 15 is 0 Å². The van der Waals surface area contributed by atoms with E-state index in [-0.39, 0.29) is 5.56 Å². The normalized spacial score (nSPS) is 14.2. The van der Waals surface area contributed by atoms with Gasteiger partial charge in [0, 0.05) is 36.7 Å². The first-order valence-corrected chi connectivity index (χ1v) is 8.77. The monoisotopic (exact) mass is 334 g/mol. The van der Waals surface area contributed by atoms with Crippen LogP contribution in [0.5, 0.6) is 0 Å². The zero-order chi connectivity index (χ0) is 17.2. The predicted octanol–water partition coefficient (Wildman–Crippen LogP) is 3.22. The lowest BCUT2D eigenvalue weighted by molar-refractivity contribution is 0.949. The van der Waals surface area contributed by atoms with Gasteiger partial charge in [-0.3, -0.25) is 9.20 Å². The molecule has 1 aliphatic rings. The SMILES string of the molecule is Cc1ccc2nc(CNc3ccc(N4CCCC4)cc3)cc(=O)n2c1. The topological polar surface area (TPSA) is 49.6 Å². The molecule has 1 fully saturated rings. The molecule has 0 atom stereocenters. The molecule has 25 heavy (non-hydrogen) atoms. The highest BCUT2D eigenvalue weighted by atomic mass is 16.1. The highest BCUT2D eigenvalue weighted by molar-refractivity contribution is 5.55. The van der Waals surface area contributed by atoms with Crippen LogP contribution in [0.1, 0.15) is 24.1 Å². The van der Waals surface area contributed by atoms with E-state index in [0.29, 0.717) is 12.2 Å². The number of rotatable bonds is 4. The molecule has 0 unspecified atom stereocenters. The van der Waals surface area contributed by atoms with E-state index in [0.717, 1.165) is 30.0 Å². The first-order valence-electron chi connectivity index (χ1n) is 8.77. The second kappa shape index (κ2) is 6.59. The number of nitrogens with zero attached hydrogens (tertiary/aromatic N) is 3. The maximum absolute atomic E-state index is 12.2. The summed E-state index contributed by atoms with van der Waals surface area (Å²) in [6, 6.07) is 13.9. The third-order valence-corrected chi connectivity index (χ3v) is 4.67. The minimum absolute atomic E-state index is 0.0464. The van der Waals surface area contributed by atoms with Crippen LogP contribution in [0, 0.1) is 6.92 Å². The molecule has 4 rings (SSSR count). The van der Waals surface area contributed by atoms with Crippen LogP contribution in [0.4, 0.5) is 11.4 Å². The summed E-state index contributed by atoms with van der Waals surface area (Å²) in [4.78, 5) is 19.2. The Hall–Kier alpha value is -2.82. The molecule has 1 aromatic carbocycles. The number of benzene rings is 1. The maximum atomic E-state index is 12.2. The summed E-state index contributed by atoms with van der Waals surface area (Å²) in [5.74, 6) is 0. The number of anilines is 2. The fraction of sp³-hybridized carbons (Fsp3) is 0.300. The molecule has 0 spiro atoms. The number of hydrogen-bond donors (Lipinski definition) is 1. The molecular weight excluding hydrogens is 312 g/mol. The van der Waals surface area contributed by atoms with Crippen molar-refractivity contribution in [2.24, 2.45) is 0 Å². The molecule has 3 aromatic rings. The van der Waals surface area contributed by atoms with E-state index < -0.39 is 0 Å². The first-order chi connectivity index (χ1) is 12.2. The molecule has 0 radical (unpaired) electrons. The Balaban J connectivity index is 1.48. The van der Waals surface area contributed by atoms with Gasteiger partial charge in [-0.1, -0.05) is 6.07 Å². The van der Waals surface area contributed by atoms with Crippen molar-refractivity contribution in [3.63, 3.8) is 0 Å². The zero-order valence-electron chi connectivity index (χ0n) is 14.4. The van der Waals surface area contributed by atoms with Gasteiger partial charge in [0.05, 0.1) is 12.2 Å². The number of pyridine rings is 1. The Morgan fingerprint density at radius 1 is 1.08 bits per heavy atom. The maximum Gasteiger partial charge on any atom is 0.258 e. The molecule has 5 nitrogen and oxygen atoms in total. The van der Waals surface area contributed by atoms with Crippen LogP contribution in [-0.2, 0) is 6.54 Å². The molecule has 3 heterocycles. The van der Waals surface area contributed by atoms with Gasteiger partial charge < -0.3 is 10.2 Å². The lowest BCUT2D eigenvalue weighted by atomic mass is 10.2. The third-order valence-electron chi connectivity index (χ3n) is 4.67. The molecule has 1 N–H and O–H groups in total.